The van der Waals surface area contributed by atoms with Gasteiger partial charge in [-0.25, -0.2) is 0 Å². The summed E-state index contributed by atoms with van der Waals surface area (Å²) in [4.78, 5) is 12.4. The van der Waals surface area contributed by atoms with Gasteiger partial charge in [0.15, 0.2) is 5.75 Å². The first-order chi connectivity index (χ1) is 12.7. The fraction of sp³-hybridized carbons (Fsp3) is 0.286. The van der Waals surface area contributed by atoms with Crippen LogP contribution in [0.15, 0.2) is 70.9 Å². The monoisotopic (exact) mass is 352 g/mol. The number of methoxy groups -OCH3 is 1. The Morgan fingerprint density at radius 3 is 2.62 bits per heavy atom. The van der Waals surface area contributed by atoms with Crippen LogP contribution in [0.25, 0.3) is 0 Å². The van der Waals surface area contributed by atoms with E-state index in [1.807, 2.05) is 36.4 Å². The van der Waals surface area contributed by atoms with Gasteiger partial charge >= 0.3 is 0 Å². The number of aromatic hydroxyl groups is 1. The summed E-state index contributed by atoms with van der Waals surface area (Å²) in [6, 6.07) is 11.5. The van der Waals surface area contributed by atoms with E-state index in [-0.39, 0.29) is 11.3 Å². The lowest BCUT2D eigenvalue weighted by Crippen LogP contribution is -2.23. The van der Waals surface area contributed by atoms with Crippen LogP contribution in [0.2, 0.25) is 0 Å². The van der Waals surface area contributed by atoms with Gasteiger partial charge in [0.05, 0.1) is 19.4 Å². The second-order valence-electron chi connectivity index (χ2n) is 6.37. The molecule has 5 nitrogen and oxygen atoms in total. The largest absolute Gasteiger partial charge is 0.503 e. The molecule has 0 aliphatic heterocycles. The number of hydrogen-bond acceptors (Lipinski definition) is 4. The number of benzene rings is 1. The van der Waals surface area contributed by atoms with Crippen LogP contribution >= 0.6 is 0 Å². The van der Waals surface area contributed by atoms with Crippen molar-refractivity contribution in [3.8, 4) is 5.75 Å². The van der Waals surface area contributed by atoms with Gasteiger partial charge in [0.2, 0.25) is 0 Å². The molecule has 1 aromatic carbocycles. The predicted molar refractivity (Wildman–Crippen MR) is 102 cm³/mol. The molecule has 0 bridgehead atoms. The van der Waals surface area contributed by atoms with E-state index in [0.29, 0.717) is 18.7 Å². The Morgan fingerprint density at radius 1 is 1.12 bits per heavy atom. The van der Waals surface area contributed by atoms with Crippen LogP contribution in [-0.4, -0.2) is 23.3 Å². The third-order valence-electron chi connectivity index (χ3n) is 4.55. The van der Waals surface area contributed by atoms with Crippen LogP contribution < -0.4 is 10.9 Å². The van der Waals surface area contributed by atoms with E-state index in [9.17, 15) is 9.90 Å². The number of hydrogen-bond donors (Lipinski definition) is 2. The molecule has 1 aliphatic carbocycles. The van der Waals surface area contributed by atoms with Gasteiger partial charge in [-0.05, 0) is 24.1 Å². The van der Waals surface area contributed by atoms with E-state index >= 15 is 0 Å². The molecule has 0 spiro atoms. The molecule has 0 unspecified atom stereocenters. The van der Waals surface area contributed by atoms with Crippen LogP contribution in [-0.2, 0) is 17.8 Å². The zero-order chi connectivity index (χ0) is 18.4. The summed E-state index contributed by atoms with van der Waals surface area (Å²) in [5.74, 6) is 0.809. The van der Waals surface area contributed by atoms with Crippen molar-refractivity contribution in [2.75, 3.05) is 13.7 Å². The van der Waals surface area contributed by atoms with E-state index in [0.717, 1.165) is 30.7 Å². The highest BCUT2D eigenvalue weighted by Crippen LogP contribution is 2.18. The maximum atomic E-state index is 12.4. The van der Waals surface area contributed by atoms with Gasteiger partial charge in [0.25, 0.3) is 5.56 Å². The number of nitrogens with one attached hydrogen (secondary N) is 1. The number of pyridine rings is 1. The van der Waals surface area contributed by atoms with E-state index in [2.05, 4.69) is 11.4 Å². The lowest BCUT2D eigenvalue weighted by Gasteiger charge is -2.15. The minimum absolute atomic E-state index is 0.185. The Hall–Kier alpha value is -2.79. The van der Waals surface area contributed by atoms with Crippen molar-refractivity contribution in [3.63, 3.8) is 0 Å². The summed E-state index contributed by atoms with van der Waals surface area (Å²) in [6.07, 6.45) is 7.65. The first-order valence-corrected chi connectivity index (χ1v) is 8.76. The first kappa shape index (κ1) is 18.0. The van der Waals surface area contributed by atoms with Gasteiger partial charge in [0, 0.05) is 31.3 Å². The number of aromatic nitrogens is 1. The molecule has 2 N–H and O–H groups in total. The molecule has 3 rings (SSSR count). The number of rotatable bonds is 7. The van der Waals surface area contributed by atoms with Crippen molar-refractivity contribution in [2.45, 2.75) is 25.9 Å². The van der Waals surface area contributed by atoms with Crippen molar-refractivity contribution in [2.24, 2.45) is 0 Å². The molecule has 1 aromatic heterocycles. The molecule has 5 heteroatoms. The van der Waals surface area contributed by atoms with Gasteiger partial charge in [0.1, 0.15) is 0 Å². The Bertz CT molecular complexity index is 867. The standard InChI is InChI=1S/C21H24N2O3/c1-26-19-9-7-16(8-10-19)13-22-14-18-11-12-23(21(25)20(18)24)15-17-5-3-2-4-6-17/h2-7,9,11-12,22,24H,8,10,13-15H2,1H3. The van der Waals surface area contributed by atoms with Gasteiger partial charge in [-0.3, -0.25) is 4.79 Å². The summed E-state index contributed by atoms with van der Waals surface area (Å²) < 4.78 is 6.74. The molecule has 0 saturated heterocycles. The maximum Gasteiger partial charge on any atom is 0.293 e. The van der Waals surface area contributed by atoms with Gasteiger partial charge in [-0.1, -0.05) is 42.0 Å². The molecular weight excluding hydrogens is 328 g/mol. The SMILES string of the molecule is COC1=CC=C(CNCc2ccn(Cc3ccccc3)c(=O)c2O)CC1. The van der Waals surface area contributed by atoms with Crippen molar-refractivity contribution in [3.05, 3.63) is 87.6 Å². The van der Waals surface area contributed by atoms with Crippen LogP contribution in [0.4, 0.5) is 0 Å². The third kappa shape index (κ3) is 4.43. The van der Waals surface area contributed by atoms with Crippen LogP contribution in [0.1, 0.15) is 24.0 Å². The topological polar surface area (TPSA) is 63.5 Å². The van der Waals surface area contributed by atoms with Crippen molar-refractivity contribution in [1.29, 1.82) is 0 Å². The third-order valence-corrected chi connectivity index (χ3v) is 4.55. The molecule has 0 amide bonds. The second-order valence-corrected chi connectivity index (χ2v) is 6.37. The summed E-state index contributed by atoms with van der Waals surface area (Å²) >= 11 is 0. The molecule has 1 aliphatic rings. The summed E-state index contributed by atoms with van der Waals surface area (Å²) in [5.41, 5.74) is 2.55. The average molecular weight is 352 g/mol. The highest BCUT2D eigenvalue weighted by molar-refractivity contribution is 5.30. The summed E-state index contributed by atoms with van der Waals surface area (Å²) in [6.45, 7) is 1.62. The van der Waals surface area contributed by atoms with Crippen LogP contribution in [0, 0.1) is 0 Å². The number of nitrogens with zero attached hydrogens (tertiary/aromatic N) is 1. The van der Waals surface area contributed by atoms with E-state index < -0.39 is 0 Å². The van der Waals surface area contributed by atoms with Gasteiger partial charge in [-0.2, -0.15) is 0 Å². The number of allylic oxidation sites excluding steroid dienone is 3. The minimum Gasteiger partial charge on any atom is -0.503 e. The minimum atomic E-state index is -0.363. The predicted octanol–water partition coefficient (Wildman–Crippen LogP) is 2.94. The van der Waals surface area contributed by atoms with Gasteiger partial charge < -0.3 is 19.7 Å². The second kappa shape index (κ2) is 8.54. The van der Waals surface area contributed by atoms with Crippen molar-refractivity contribution in [1.82, 2.24) is 9.88 Å². The fourth-order valence-electron chi connectivity index (χ4n) is 2.98. The van der Waals surface area contributed by atoms with Crippen molar-refractivity contribution < 1.29 is 9.84 Å². The Kier molecular flexibility index (Phi) is 5.92. The van der Waals surface area contributed by atoms with Crippen molar-refractivity contribution >= 4 is 0 Å². The smallest absolute Gasteiger partial charge is 0.293 e. The molecule has 1 heterocycles. The quantitative estimate of drug-likeness (QED) is 0.804. The zero-order valence-corrected chi connectivity index (χ0v) is 14.9. The maximum absolute atomic E-state index is 12.4. The summed E-state index contributed by atoms with van der Waals surface area (Å²) in [7, 11) is 1.69. The fourth-order valence-corrected chi connectivity index (χ4v) is 2.98. The molecule has 26 heavy (non-hydrogen) atoms. The van der Waals surface area contributed by atoms with Crippen LogP contribution in [0.5, 0.6) is 5.75 Å². The molecule has 0 fully saturated rings. The highest BCUT2D eigenvalue weighted by Gasteiger charge is 2.10. The van der Waals surface area contributed by atoms with E-state index in [1.165, 1.54) is 10.1 Å². The molecule has 0 radical (unpaired) electrons. The molecular formula is C21H24N2O3. The lowest BCUT2D eigenvalue weighted by atomic mass is 10.0. The molecule has 0 saturated carbocycles. The Balaban J connectivity index is 1.61. The molecule has 2 aromatic rings. The Morgan fingerprint density at radius 2 is 1.92 bits per heavy atom. The van der Waals surface area contributed by atoms with E-state index in [1.54, 1.807) is 19.4 Å². The zero-order valence-electron chi connectivity index (χ0n) is 14.9. The summed E-state index contributed by atoms with van der Waals surface area (Å²) in [5, 5.41) is 13.5. The highest BCUT2D eigenvalue weighted by atomic mass is 16.5. The lowest BCUT2D eigenvalue weighted by molar-refractivity contribution is 0.275. The number of ether oxygens (including phenoxy) is 1. The molecule has 136 valence electrons. The normalized spacial score (nSPS) is 13.9. The van der Waals surface area contributed by atoms with E-state index in [4.69, 9.17) is 4.74 Å². The van der Waals surface area contributed by atoms with Crippen LogP contribution in [0.3, 0.4) is 0 Å². The Labute approximate surface area is 153 Å². The molecule has 0 atom stereocenters. The average Bonchev–Trinajstić information content (AvgIpc) is 2.68. The first-order valence-electron chi connectivity index (χ1n) is 8.76. The van der Waals surface area contributed by atoms with Gasteiger partial charge in [-0.15, -0.1) is 0 Å².